The molecule has 1 aromatic heterocycles. The van der Waals surface area contributed by atoms with Crippen LogP contribution in [0.2, 0.25) is 0 Å². The molecule has 0 amide bonds. The van der Waals surface area contributed by atoms with E-state index >= 15 is 0 Å². The molecule has 1 heteroatoms. The van der Waals surface area contributed by atoms with Crippen molar-refractivity contribution in [2.45, 2.75) is 86.0 Å². The van der Waals surface area contributed by atoms with Gasteiger partial charge >= 0.3 is 0 Å². The van der Waals surface area contributed by atoms with Gasteiger partial charge in [-0.05, 0) is 77.8 Å². The summed E-state index contributed by atoms with van der Waals surface area (Å²) in [6.45, 7) is 24.7. The van der Waals surface area contributed by atoms with Crippen LogP contribution in [0.1, 0.15) is 87.2 Å². The molecule has 142 valence electrons. The number of hydrogen-bond acceptors (Lipinski definition) is 0. The summed E-state index contributed by atoms with van der Waals surface area (Å²) in [4.78, 5) is 3.52. The third-order valence-corrected chi connectivity index (χ3v) is 5.61. The van der Waals surface area contributed by atoms with E-state index in [1.165, 1.54) is 44.8 Å². The molecular weight excluding hydrogens is 314 g/mol. The molecule has 0 atom stereocenters. The average Bonchev–Trinajstić information content (AvgIpc) is 2.78. The van der Waals surface area contributed by atoms with Crippen molar-refractivity contribution >= 4 is 5.57 Å². The molecule has 26 heavy (non-hydrogen) atoms. The van der Waals surface area contributed by atoms with E-state index in [4.69, 9.17) is 0 Å². The van der Waals surface area contributed by atoms with Gasteiger partial charge in [-0.15, -0.1) is 0 Å². The highest BCUT2D eigenvalue weighted by Crippen LogP contribution is 2.32. The molecule has 0 fully saturated rings. The van der Waals surface area contributed by atoms with E-state index in [0.717, 1.165) is 12.8 Å². The fourth-order valence-electron chi connectivity index (χ4n) is 3.32. The van der Waals surface area contributed by atoms with E-state index in [1.54, 1.807) is 0 Å². The molecule has 0 spiro atoms. The SMILES string of the molecule is C=C(CCc1cc(C(C)(C)C)cc(C(C)(C)C)c1)c1[nH]c(C)c(C)c1C. The maximum atomic E-state index is 4.37. The van der Waals surface area contributed by atoms with Crippen molar-refractivity contribution in [3.05, 3.63) is 64.0 Å². The number of aryl methyl sites for hydroxylation is 2. The molecule has 1 heterocycles. The van der Waals surface area contributed by atoms with Crippen LogP contribution in [0.25, 0.3) is 5.57 Å². The van der Waals surface area contributed by atoms with Gasteiger partial charge in [0.25, 0.3) is 0 Å². The van der Waals surface area contributed by atoms with Crippen LogP contribution in [0.15, 0.2) is 24.8 Å². The highest BCUT2D eigenvalue weighted by Gasteiger charge is 2.20. The second kappa shape index (κ2) is 7.10. The predicted molar refractivity (Wildman–Crippen MR) is 116 cm³/mol. The number of nitrogens with one attached hydrogen (secondary N) is 1. The van der Waals surface area contributed by atoms with Gasteiger partial charge in [0.15, 0.2) is 0 Å². The Morgan fingerprint density at radius 1 is 0.846 bits per heavy atom. The maximum Gasteiger partial charge on any atom is 0.0441 e. The van der Waals surface area contributed by atoms with Crippen molar-refractivity contribution in [1.82, 2.24) is 4.98 Å². The summed E-state index contributed by atoms with van der Waals surface area (Å²) in [6.07, 6.45) is 2.01. The van der Waals surface area contributed by atoms with Gasteiger partial charge in [-0.2, -0.15) is 0 Å². The highest BCUT2D eigenvalue weighted by molar-refractivity contribution is 5.65. The monoisotopic (exact) mass is 351 g/mol. The topological polar surface area (TPSA) is 15.8 Å². The number of benzene rings is 1. The molecule has 0 radical (unpaired) electrons. The van der Waals surface area contributed by atoms with Gasteiger partial charge in [-0.25, -0.2) is 0 Å². The Labute approximate surface area is 160 Å². The van der Waals surface area contributed by atoms with Crippen LogP contribution in [0.3, 0.4) is 0 Å². The molecule has 0 saturated carbocycles. The molecule has 2 aromatic rings. The Morgan fingerprint density at radius 2 is 1.35 bits per heavy atom. The minimum absolute atomic E-state index is 0.164. The Hall–Kier alpha value is -1.76. The van der Waals surface area contributed by atoms with E-state index in [-0.39, 0.29) is 10.8 Å². The summed E-state index contributed by atoms with van der Waals surface area (Å²) in [7, 11) is 0. The number of rotatable bonds is 4. The number of aromatic nitrogens is 1. The Balaban J connectivity index is 2.28. The van der Waals surface area contributed by atoms with Crippen LogP contribution in [0, 0.1) is 20.8 Å². The lowest BCUT2D eigenvalue weighted by Crippen LogP contribution is -2.17. The van der Waals surface area contributed by atoms with Gasteiger partial charge in [0, 0.05) is 11.4 Å². The summed E-state index contributed by atoms with van der Waals surface area (Å²) in [5.74, 6) is 0. The summed E-state index contributed by atoms with van der Waals surface area (Å²) in [5.41, 5.74) is 11.0. The molecule has 0 aliphatic rings. The van der Waals surface area contributed by atoms with Crippen LogP contribution in [-0.2, 0) is 17.3 Å². The van der Waals surface area contributed by atoms with Gasteiger partial charge in [-0.1, -0.05) is 66.3 Å². The quantitative estimate of drug-likeness (QED) is 0.600. The third kappa shape index (κ3) is 4.50. The standard InChI is InChI=1S/C25H37N/c1-16(23-18(3)17(2)19(4)26-23)11-12-20-13-21(24(5,6)7)15-22(14-20)25(8,9)10/h13-15,26H,1,11-12H2,2-10H3. The smallest absolute Gasteiger partial charge is 0.0441 e. The first-order valence-electron chi connectivity index (χ1n) is 9.79. The zero-order valence-corrected chi connectivity index (χ0v) is 18.4. The number of hydrogen-bond donors (Lipinski definition) is 1. The van der Waals surface area contributed by atoms with E-state index in [9.17, 15) is 0 Å². The zero-order valence-electron chi connectivity index (χ0n) is 18.4. The molecular formula is C25H37N. The molecule has 1 N–H and O–H groups in total. The molecule has 0 unspecified atom stereocenters. The number of aromatic amines is 1. The Kier molecular flexibility index (Phi) is 5.61. The van der Waals surface area contributed by atoms with Crippen molar-refractivity contribution in [2.24, 2.45) is 0 Å². The zero-order chi connectivity index (χ0) is 19.9. The van der Waals surface area contributed by atoms with Crippen LogP contribution >= 0.6 is 0 Å². The van der Waals surface area contributed by atoms with Crippen LogP contribution < -0.4 is 0 Å². The Morgan fingerprint density at radius 3 is 1.73 bits per heavy atom. The lowest BCUT2D eigenvalue weighted by molar-refractivity contribution is 0.567. The van der Waals surface area contributed by atoms with Crippen molar-refractivity contribution in [3.63, 3.8) is 0 Å². The Bertz CT molecular complexity index is 772. The molecule has 0 bridgehead atoms. The fraction of sp³-hybridized carbons (Fsp3) is 0.520. The average molecular weight is 352 g/mol. The van der Waals surface area contributed by atoms with Crippen molar-refractivity contribution in [2.75, 3.05) is 0 Å². The fourth-order valence-corrected chi connectivity index (χ4v) is 3.32. The number of allylic oxidation sites excluding steroid dienone is 1. The largest absolute Gasteiger partial charge is 0.358 e. The third-order valence-electron chi connectivity index (χ3n) is 5.61. The van der Waals surface area contributed by atoms with Crippen molar-refractivity contribution in [1.29, 1.82) is 0 Å². The summed E-state index contributed by atoms with van der Waals surface area (Å²) in [6, 6.07) is 7.17. The second-order valence-corrected chi connectivity index (χ2v) is 9.90. The van der Waals surface area contributed by atoms with Gasteiger partial charge < -0.3 is 4.98 Å². The predicted octanol–water partition coefficient (Wildman–Crippen LogP) is 7.18. The minimum atomic E-state index is 0.164. The van der Waals surface area contributed by atoms with Crippen molar-refractivity contribution < 1.29 is 0 Å². The molecule has 0 aliphatic heterocycles. The molecule has 0 saturated heterocycles. The second-order valence-electron chi connectivity index (χ2n) is 9.90. The lowest BCUT2D eigenvalue weighted by atomic mass is 9.79. The van der Waals surface area contributed by atoms with Gasteiger partial charge in [-0.3, -0.25) is 0 Å². The lowest BCUT2D eigenvalue weighted by Gasteiger charge is -2.26. The molecule has 2 rings (SSSR count). The first kappa shape index (κ1) is 20.6. The normalized spacial score (nSPS) is 12.5. The van der Waals surface area contributed by atoms with E-state index in [2.05, 4.69) is 92.1 Å². The summed E-state index contributed by atoms with van der Waals surface area (Å²) in [5, 5.41) is 0. The van der Waals surface area contributed by atoms with Gasteiger partial charge in [0.05, 0.1) is 0 Å². The molecule has 1 nitrogen and oxygen atoms in total. The van der Waals surface area contributed by atoms with Crippen LogP contribution in [-0.4, -0.2) is 4.98 Å². The first-order valence-corrected chi connectivity index (χ1v) is 9.79. The van der Waals surface area contributed by atoms with Crippen LogP contribution in [0.4, 0.5) is 0 Å². The van der Waals surface area contributed by atoms with Gasteiger partial charge in [0.2, 0.25) is 0 Å². The maximum absolute atomic E-state index is 4.37. The molecule has 1 aromatic carbocycles. The van der Waals surface area contributed by atoms with Crippen molar-refractivity contribution in [3.8, 4) is 0 Å². The van der Waals surface area contributed by atoms with Gasteiger partial charge in [0.1, 0.15) is 0 Å². The summed E-state index contributed by atoms with van der Waals surface area (Å²) >= 11 is 0. The number of H-pyrrole nitrogens is 1. The van der Waals surface area contributed by atoms with E-state index in [0.29, 0.717) is 0 Å². The minimum Gasteiger partial charge on any atom is -0.358 e. The van der Waals surface area contributed by atoms with Crippen LogP contribution in [0.5, 0.6) is 0 Å². The first-order chi connectivity index (χ1) is 11.8. The summed E-state index contributed by atoms with van der Waals surface area (Å²) < 4.78 is 0. The highest BCUT2D eigenvalue weighted by atomic mass is 14.7. The van der Waals surface area contributed by atoms with E-state index in [1.807, 2.05) is 0 Å². The molecule has 0 aliphatic carbocycles. The van der Waals surface area contributed by atoms with E-state index < -0.39 is 0 Å².